The predicted octanol–water partition coefficient (Wildman–Crippen LogP) is 4.05. The van der Waals surface area contributed by atoms with Crippen LogP contribution in [-0.2, 0) is 0 Å². The van der Waals surface area contributed by atoms with Crippen molar-refractivity contribution in [3.8, 4) is 0 Å². The molecule has 0 spiro atoms. The second-order valence-corrected chi connectivity index (χ2v) is 6.82. The first-order valence-electron chi connectivity index (χ1n) is 7.20. The zero-order chi connectivity index (χ0) is 13.2. The van der Waals surface area contributed by atoms with Crippen LogP contribution >= 0.6 is 0 Å². The zero-order valence-electron chi connectivity index (χ0n) is 12.2. The van der Waals surface area contributed by atoms with Crippen LogP contribution in [0.5, 0.6) is 0 Å². The molecule has 0 radical (unpaired) electrons. The fourth-order valence-corrected chi connectivity index (χ4v) is 3.38. The molecule has 0 aromatic carbocycles. The van der Waals surface area contributed by atoms with Gasteiger partial charge in [0.1, 0.15) is 5.76 Å². The summed E-state index contributed by atoms with van der Waals surface area (Å²) in [4.78, 5) is 0. The Morgan fingerprint density at radius 3 is 2.67 bits per heavy atom. The molecule has 1 fully saturated rings. The summed E-state index contributed by atoms with van der Waals surface area (Å²) >= 11 is 0. The van der Waals surface area contributed by atoms with Crippen LogP contribution in [0, 0.1) is 17.3 Å². The first-order valence-corrected chi connectivity index (χ1v) is 7.20. The highest BCUT2D eigenvalue weighted by Crippen LogP contribution is 2.46. The molecule has 2 nitrogen and oxygen atoms in total. The minimum atomic E-state index is 0.412. The van der Waals surface area contributed by atoms with Crippen molar-refractivity contribution in [1.82, 2.24) is 5.32 Å². The molecule has 2 heteroatoms. The first-order chi connectivity index (χ1) is 8.52. The third-order valence-electron chi connectivity index (χ3n) is 4.59. The smallest absolute Gasteiger partial charge is 0.107 e. The average Bonchev–Trinajstić information content (AvgIpc) is 2.82. The summed E-state index contributed by atoms with van der Waals surface area (Å²) in [6.07, 6.45) is 5.75. The maximum Gasteiger partial charge on any atom is 0.107 e. The van der Waals surface area contributed by atoms with E-state index in [2.05, 4.69) is 39.2 Å². The minimum Gasteiger partial charge on any atom is -0.469 e. The Morgan fingerprint density at radius 1 is 1.33 bits per heavy atom. The van der Waals surface area contributed by atoms with E-state index in [1.165, 1.54) is 25.0 Å². The van der Waals surface area contributed by atoms with Gasteiger partial charge in [-0.15, -0.1) is 0 Å². The van der Waals surface area contributed by atoms with E-state index in [0.717, 1.165) is 18.4 Å². The predicted molar refractivity (Wildman–Crippen MR) is 75.7 cm³/mol. The molecule has 2 rings (SSSR count). The van der Waals surface area contributed by atoms with Crippen molar-refractivity contribution in [2.75, 3.05) is 13.6 Å². The molecular weight excluding hydrogens is 222 g/mol. The molecule has 1 aliphatic rings. The molecule has 0 saturated heterocycles. The second kappa shape index (κ2) is 5.48. The van der Waals surface area contributed by atoms with E-state index >= 15 is 0 Å². The van der Waals surface area contributed by atoms with E-state index in [4.69, 9.17) is 4.42 Å². The van der Waals surface area contributed by atoms with Crippen LogP contribution < -0.4 is 5.32 Å². The van der Waals surface area contributed by atoms with Gasteiger partial charge in [0.2, 0.25) is 0 Å². The Hall–Kier alpha value is -0.760. The van der Waals surface area contributed by atoms with Gasteiger partial charge >= 0.3 is 0 Å². The molecule has 0 bridgehead atoms. The topological polar surface area (TPSA) is 25.2 Å². The van der Waals surface area contributed by atoms with Crippen LogP contribution in [0.25, 0.3) is 0 Å². The Labute approximate surface area is 111 Å². The molecule has 3 atom stereocenters. The molecule has 1 aromatic heterocycles. The highest BCUT2D eigenvalue weighted by molar-refractivity contribution is 5.09. The van der Waals surface area contributed by atoms with Crippen molar-refractivity contribution in [2.24, 2.45) is 17.3 Å². The monoisotopic (exact) mass is 249 g/mol. The van der Waals surface area contributed by atoms with Gasteiger partial charge in [-0.2, -0.15) is 0 Å². The number of nitrogens with one attached hydrogen (secondary N) is 1. The first kappa shape index (κ1) is 13.7. The maximum atomic E-state index is 5.68. The van der Waals surface area contributed by atoms with Crippen LogP contribution in [0.3, 0.4) is 0 Å². The molecule has 0 aliphatic heterocycles. The van der Waals surface area contributed by atoms with Crippen molar-refractivity contribution in [1.29, 1.82) is 0 Å². The van der Waals surface area contributed by atoms with Crippen LogP contribution in [0.2, 0.25) is 0 Å². The van der Waals surface area contributed by atoms with Gasteiger partial charge in [-0.3, -0.25) is 0 Å². The number of hydrogen-bond acceptors (Lipinski definition) is 2. The Balaban J connectivity index is 2.14. The maximum absolute atomic E-state index is 5.68. The third kappa shape index (κ3) is 2.97. The van der Waals surface area contributed by atoms with Gasteiger partial charge in [0, 0.05) is 5.92 Å². The lowest BCUT2D eigenvalue weighted by Crippen LogP contribution is -2.34. The number of hydrogen-bond donors (Lipinski definition) is 1. The normalized spacial score (nSPS) is 29.4. The van der Waals surface area contributed by atoms with Crippen molar-refractivity contribution in [2.45, 2.75) is 46.0 Å². The summed E-state index contributed by atoms with van der Waals surface area (Å²) in [6, 6.07) is 4.17. The van der Waals surface area contributed by atoms with E-state index in [1.807, 2.05) is 12.3 Å². The lowest BCUT2D eigenvalue weighted by atomic mass is 9.65. The van der Waals surface area contributed by atoms with Gasteiger partial charge in [-0.25, -0.2) is 0 Å². The van der Waals surface area contributed by atoms with Crippen molar-refractivity contribution >= 4 is 0 Å². The van der Waals surface area contributed by atoms with Gasteiger partial charge in [0.15, 0.2) is 0 Å². The second-order valence-electron chi connectivity index (χ2n) is 6.82. The Bertz CT molecular complexity index is 350. The molecule has 18 heavy (non-hydrogen) atoms. The van der Waals surface area contributed by atoms with Crippen molar-refractivity contribution < 1.29 is 4.42 Å². The lowest BCUT2D eigenvalue weighted by Gasteiger charge is -2.41. The quantitative estimate of drug-likeness (QED) is 0.874. The molecule has 3 unspecified atom stereocenters. The third-order valence-corrected chi connectivity index (χ3v) is 4.59. The van der Waals surface area contributed by atoms with Crippen LogP contribution in [0.4, 0.5) is 0 Å². The SMILES string of the molecule is CNCC1CCC(C(C)(C)C)CC1c1ccco1. The highest BCUT2D eigenvalue weighted by Gasteiger charge is 2.37. The summed E-state index contributed by atoms with van der Waals surface area (Å²) in [5, 5.41) is 3.34. The lowest BCUT2D eigenvalue weighted by molar-refractivity contribution is 0.121. The van der Waals surface area contributed by atoms with Gasteiger partial charge in [0.05, 0.1) is 6.26 Å². The highest BCUT2D eigenvalue weighted by atomic mass is 16.3. The molecule has 1 heterocycles. The van der Waals surface area contributed by atoms with E-state index in [0.29, 0.717) is 11.3 Å². The molecule has 1 aromatic rings. The fraction of sp³-hybridized carbons (Fsp3) is 0.750. The largest absolute Gasteiger partial charge is 0.469 e. The summed E-state index contributed by atoms with van der Waals surface area (Å²) in [5.74, 6) is 3.30. The van der Waals surface area contributed by atoms with Crippen molar-refractivity contribution in [3.05, 3.63) is 24.2 Å². The van der Waals surface area contributed by atoms with Gasteiger partial charge in [-0.05, 0) is 62.2 Å². The van der Waals surface area contributed by atoms with Gasteiger partial charge in [-0.1, -0.05) is 20.8 Å². The summed E-state index contributed by atoms with van der Waals surface area (Å²) in [7, 11) is 2.05. The molecule has 1 N–H and O–H groups in total. The molecule has 0 amide bonds. The summed E-state index contributed by atoms with van der Waals surface area (Å²) in [6.45, 7) is 8.21. The average molecular weight is 249 g/mol. The summed E-state index contributed by atoms with van der Waals surface area (Å²) in [5.41, 5.74) is 0.412. The molecule has 102 valence electrons. The van der Waals surface area contributed by atoms with E-state index in [1.54, 1.807) is 0 Å². The standard InChI is InChI=1S/C16H27NO/c1-16(2,3)13-8-7-12(11-17-4)14(10-13)15-6-5-9-18-15/h5-6,9,12-14,17H,7-8,10-11H2,1-4H3. The van der Waals surface area contributed by atoms with Crippen LogP contribution in [0.15, 0.2) is 22.8 Å². The molecule has 1 saturated carbocycles. The van der Waals surface area contributed by atoms with E-state index < -0.39 is 0 Å². The molecule has 1 aliphatic carbocycles. The van der Waals surface area contributed by atoms with Gasteiger partial charge in [0.25, 0.3) is 0 Å². The van der Waals surface area contributed by atoms with E-state index in [-0.39, 0.29) is 0 Å². The Morgan fingerprint density at radius 2 is 2.11 bits per heavy atom. The minimum absolute atomic E-state index is 0.412. The summed E-state index contributed by atoms with van der Waals surface area (Å²) < 4.78 is 5.68. The molecular formula is C16H27NO. The number of rotatable bonds is 3. The number of furan rings is 1. The van der Waals surface area contributed by atoms with Crippen molar-refractivity contribution in [3.63, 3.8) is 0 Å². The van der Waals surface area contributed by atoms with Crippen LogP contribution in [0.1, 0.15) is 51.7 Å². The van der Waals surface area contributed by atoms with Crippen LogP contribution in [-0.4, -0.2) is 13.6 Å². The van der Waals surface area contributed by atoms with E-state index in [9.17, 15) is 0 Å². The Kier molecular flexibility index (Phi) is 4.16. The fourth-order valence-electron chi connectivity index (χ4n) is 3.38. The van der Waals surface area contributed by atoms with Gasteiger partial charge < -0.3 is 9.73 Å². The zero-order valence-corrected chi connectivity index (χ0v) is 12.2.